The molecule has 0 radical (unpaired) electrons. The quantitative estimate of drug-likeness (QED) is 0.665. The van der Waals surface area contributed by atoms with Gasteiger partial charge < -0.3 is 10.4 Å². The predicted octanol–water partition coefficient (Wildman–Crippen LogP) is 2.56. The number of nitrogens with one attached hydrogen (secondary N) is 1. The molecule has 0 heterocycles. The summed E-state index contributed by atoms with van der Waals surface area (Å²) in [5, 5.41) is 12.3. The lowest BCUT2D eigenvalue weighted by atomic mass is 9.78. The number of aliphatic hydroxyl groups excluding tert-OH is 1. The third kappa shape index (κ3) is 4.52. The summed E-state index contributed by atoms with van der Waals surface area (Å²) >= 11 is 0. The number of hydrogen-bond acceptors (Lipinski definition) is 2. The van der Waals surface area contributed by atoms with Gasteiger partial charge in [-0.25, -0.2) is 0 Å². The molecule has 0 aromatic carbocycles. The van der Waals surface area contributed by atoms with Gasteiger partial charge in [-0.2, -0.15) is 0 Å². The van der Waals surface area contributed by atoms with E-state index in [0.29, 0.717) is 6.61 Å². The zero-order valence-electron chi connectivity index (χ0n) is 10.3. The molecule has 3 atom stereocenters. The minimum Gasteiger partial charge on any atom is -0.396 e. The Morgan fingerprint density at radius 1 is 1.13 bits per heavy atom. The molecule has 90 valence electrons. The molecule has 0 aromatic rings. The first kappa shape index (κ1) is 13.0. The highest BCUT2D eigenvalue weighted by atomic mass is 16.2. The lowest BCUT2D eigenvalue weighted by Gasteiger charge is -2.34. The summed E-state index contributed by atoms with van der Waals surface area (Å²) < 4.78 is 0. The highest BCUT2D eigenvalue weighted by molar-refractivity contribution is 4.81. The van der Waals surface area contributed by atoms with Gasteiger partial charge in [0, 0.05) is 12.6 Å². The fraction of sp³-hybridized carbons (Fsp3) is 1.00. The molecule has 1 saturated carbocycles. The molecule has 2 nitrogen and oxygen atoms in total. The summed E-state index contributed by atoms with van der Waals surface area (Å²) in [5.74, 6) is 1.71. The van der Waals surface area contributed by atoms with Crippen molar-refractivity contribution >= 4 is 0 Å². The van der Waals surface area contributed by atoms with Crippen molar-refractivity contribution in [1.29, 1.82) is 0 Å². The van der Waals surface area contributed by atoms with Gasteiger partial charge in [-0.15, -0.1) is 0 Å². The van der Waals surface area contributed by atoms with Crippen LogP contribution < -0.4 is 5.32 Å². The lowest BCUT2D eigenvalue weighted by molar-refractivity contribution is 0.206. The Labute approximate surface area is 94.5 Å². The maximum Gasteiger partial charge on any atom is 0.0431 e. The fourth-order valence-corrected chi connectivity index (χ4v) is 2.57. The molecule has 3 unspecified atom stereocenters. The van der Waals surface area contributed by atoms with Crippen LogP contribution in [0.1, 0.15) is 52.4 Å². The van der Waals surface area contributed by atoms with Crippen LogP contribution in [0.2, 0.25) is 0 Å². The predicted molar refractivity (Wildman–Crippen MR) is 64.9 cm³/mol. The van der Waals surface area contributed by atoms with E-state index in [1.165, 1.54) is 25.7 Å². The number of hydrogen-bond donors (Lipinski definition) is 2. The van der Waals surface area contributed by atoms with Crippen molar-refractivity contribution < 1.29 is 5.11 Å². The first-order chi connectivity index (χ1) is 7.25. The molecule has 0 saturated heterocycles. The summed E-state index contributed by atoms with van der Waals surface area (Å²) in [7, 11) is 0. The largest absolute Gasteiger partial charge is 0.396 e. The van der Waals surface area contributed by atoms with E-state index in [4.69, 9.17) is 5.11 Å². The van der Waals surface area contributed by atoms with Crippen LogP contribution in [-0.2, 0) is 0 Å². The van der Waals surface area contributed by atoms with Gasteiger partial charge in [0.15, 0.2) is 0 Å². The van der Waals surface area contributed by atoms with Crippen LogP contribution in [0, 0.1) is 11.8 Å². The molecule has 0 spiro atoms. The third-order valence-corrected chi connectivity index (χ3v) is 3.95. The van der Waals surface area contributed by atoms with Gasteiger partial charge in [-0.3, -0.25) is 0 Å². The standard InChI is InChI=1S/C13H27NO/c1-11-7-6-8-13(12(11)2)14-9-4-3-5-10-15/h11-15H,3-10H2,1-2H3. The van der Waals surface area contributed by atoms with Gasteiger partial charge >= 0.3 is 0 Å². The molecule has 0 amide bonds. The summed E-state index contributed by atoms with van der Waals surface area (Å²) in [6.45, 7) is 6.23. The lowest BCUT2D eigenvalue weighted by Crippen LogP contribution is -2.40. The summed E-state index contributed by atoms with van der Waals surface area (Å²) in [6, 6.07) is 0.739. The fourth-order valence-electron chi connectivity index (χ4n) is 2.57. The van der Waals surface area contributed by atoms with Crippen molar-refractivity contribution in [3.8, 4) is 0 Å². The SMILES string of the molecule is CC1CCCC(NCCCCCO)C1C. The molecule has 0 aliphatic heterocycles. The Balaban J connectivity index is 2.09. The summed E-state index contributed by atoms with van der Waals surface area (Å²) in [4.78, 5) is 0. The van der Waals surface area contributed by atoms with E-state index >= 15 is 0 Å². The normalized spacial score (nSPS) is 31.8. The Hall–Kier alpha value is -0.0800. The zero-order chi connectivity index (χ0) is 11.1. The molecule has 0 bridgehead atoms. The first-order valence-corrected chi connectivity index (χ1v) is 6.60. The van der Waals surface area contributed by atoms with Crippen molar-refractivity contribution in [2.75, 3.05) is 13.2 Å². The van der Waals surface area contributed by atoms with E-state index < -0.39 is 0 Å². The average Bonchev–Trinajstić information content (AvgIpc) is 2.24. The Morgan fingerprint density at radius 2 is 1.93 bits per heavy atom. The van der Waals surface area contributed by atoms with Crippen molar-refractivity contribution in [2.24, 2.45) is 11.8 Å². The highest BCUT2D eigenvalue weighted by Crippen LogP contribution is 2.29. The van der Waals surface area contributed by atoms with E-state index in [9.17, 15) is 0 Å². The summed E-state index contributed by atoms with van der Waals surface area (Å²) in [6.07, 6.45) is 7.46. The molecule has 1 fully saturated rings. The molecule has 2 heteroatoms. The molecule has 15 heavy (non-hydrogen) atoms. The molecule has 1 aliphatic carbocycles. The van der Waals surface area contributed by atoms with Crippen molar-refractivity contribution in [2.45, 2.75) is 58.4 Å². The minimum absolute atomic E-state index is 0.344. The highest BCUT2D eigenvalue weighted by Gasteiger charge is 2.25. The van der Waals surface area contributed by atoms with Gasteiger partial charge in [0.05, 0.1) is 0 Å². The van der Waals surface area contributed by atoms with Crippen LogP contribution in [0.4, 0.5) is 0 Å². The second-order valence-corrected chi connectivity index (χ2v) is 5.11. The van der Waals surface area contributed by atoms with Crippen molar-refractivity contribution in [3.05, 3.63) is 0 Å². The van der Waals surface area contributed by atoms with Crippen LogP contribution >= 0.6 is 0 Å². The second-order valence-electron chi connectivity index (χ2n) is 5.11. The van der Waals surface area contributed by atoms with Crippen LogP contribution in [0.25, 0.3) is 0 Å². The topological polar surface area (TPSA) is 32.3 Å². The Bertz CT molecular complexity index is 161. The third-order valence-electron chi connectivity index (χ3n) is 3.95. The minimum atomic E-state index is 0.344. The molecular weight excluding hydrogens is 186 g/mol. The second kappa shape index (κ2) is 7.24. The van der Waals surface area contributed by atoms with Crippen LogP contribution in [0.5, 0.6) is 0 Å². The van der Waals surface area contributed by atoms with E-state index in [2.05, 4.69) is 19.2 Å². The Morgan fingerprint density at radius 3 is 2.67 bits per heavy atom. The number of aliphatic hydroxyl groups is 1. The number of unbranched alkanes of at least 4 members (excludes halogenated alkanes) is 2. The van der Waals surface area contributed by atoms with E-state index in [1.54, 1.807) is 0 Å². The van der Waals surface area contributed by atoms with Crippen molar-refractivity contribution in [1.82, 2.24) is 5.32 Å². The van der Waals surface area contributed by atoms with Gasteiger partial charge in [-0.05, 0) is 44.1 Å². The average molecular weight is 213 g/mol. The van der Waals surface area contributed by atoms with Gasteiger partial charge in [0.25, 0.3) is 0 Å². The maximum absolute atomic E-state index is 8.67. The maximum atomic E-state index is 8.67. The molecule has 0 aromatic heterocycles. The van der Waals surface area contributed by atoms with E-state index in [1.807, 2.05) is 0 Å². The molecule has 2 N–H and O–H groups in total. The van der Waals surface area contributed by atoms with Crippen molar-refractivity contribution in [3.63, 3.8) is 0 Å². The molecular formula is C13H27NO. The van der Waals surface area contributed by atoms with Gasteiger partial charge in [-0.1, -0.05) is 26.7 Å². The van der Waals surface area contributed by atoms with Gasteiger partial charge in [0.1, 0.15) is 0 Å². The molecule has 1 rings (SSSR count). The van der Waals surface area contributed by atoms with E-state index in [-0.39, 0.29) is 0 Å². The summed E-state index contributed by atoms with van der Waals surface area (Å²) in [5.41, 5.74) is 0. The van der Waals surface area contributed by atoms with Crippen LogP contribution in [0.3, 0.4) is 0 Å². The smallest absolute Gasteiger partial charge is 0.0431 e. The zero-order valence-corrected chi connectivity index (χ0v) is 10.3. The Kier molecular flexibility index (Phi) is 6.26. The monoisotopic (exact) mass is 213 g/mol. The van der Waals surface area contributed by atoms with E-state index in [0.717, 1.165) is 37.3 Å². The van der Waals surface area contributed by atoms with Crippen LogP contribution in [0.15, 0.2) is 0 Å². The molecule has 1 aliphatic rings. The van der Waals surface area contributed by atoms with Crippen LogP contribution in [-0.4, -0.2) is 24.3 Å². The van der Waals surface area contributed by atoms with Gasteiger partial charge in [0.2, 0.25) is 0 Å². The number of rotatable bonds is 6. The first-order valence-electron chi connectivity index (χ1n) is 6.60.